The van der Waals surface area contributed by atoms with Crippen LogP contribution in [0.2, 0.25) is 0 Å². The molecule has 4 nitrogen and oxygen atoms in total. The molecule has 20 heavy (non-hydrogen) atoms. The molecule has 0 unspecified atom stereocenters. The van der Waals surface area contributed by atoms with Gasteiger partial charge in [-0.2, -0.15) is 5.26 Å². The van der Waals surface area contributed by atoms with E-state index in [4.69, 9.17) is 11.0 Å². The number of nitriles is 1. The summed E-state index contributed by atoms with van der Waals surface area (Å²) in [5.41, 5.74) is 9.65. The molecular formula is C16H13N3O. The molecule has 2 aromatic rings. The first kappa shape index (κ1) is 12.2. The van der Waals surface area contributed by atoms with Crippen LogP contribution in [0.15, 0.2) is 42.5 Å². The van der Waals surface area contributed by atoms with Crippen molar-refractivity contribution in [2.24, 2.45) is 0 Å². The maximum Gasteiger partial charge on any atom is 0.258 e. The van der Waals surface area contributed by atoms with Crippen LogP contribution in [0.3, 0.4) is 0 Å². The van der Waals surface area contributed by atoms with Crippen LogP contribution in [0.1, 0.15) is 21.5 Å². The highest BCUT2D eigenvalue weighted by Crippen LogP contribution is 2.30. The maximum atomic E-state index is 12.5. The van der Waals surface area contributed by atoms with Gasteiger partial charge < -0.3 is 10.6 Å². The van der Waals surface area contributed by atoms with E-state index in [0.29, 0.717) is 17.7 Å². The molecule has 0 atom stereocenters. The van der Waals surface area contributed by atoms with Crippen molar-refractivity contribution in [1.29, 1.82) is 5.26 Å². The van der Waals surface area contributed by atoms with Gasteiger partial charge in [-0.3, -0.25) is 4.79 Å². The molecule has 0 spiro atoms. The third kappa shape index (κ3) is 1.99. The fourth-order valence-corrected chi connectivity index (χ4v) is 2.48. The molecule has 0 aliphatic carbocycles. The average Bonchev–Trinajstić information content (AvgIpc) is 2.89. The summed E-state index contributed by atoms with van der Waals surface area (Å²) in [6, 6.07) is 14.4. The summed E-state index contributed by atoms with van der Waals surface area (Å²) in [5, 5.41) is 8.78. The smallest absolute Gasteiger partial charge is 0.258 e. The number of amides is 1. The van der Waals surface area contributed by atoms with Gasteiger partial charge >= 0.3 is 0 Å². The summed E-state index contributed by atoms with van der Waals surface area (Å²) in [6.45, 7) is 0.664. The van der Waals surface area contributed by atoms with Gasteiger partial charge in [0, 0.05) is 23.5 Å². The molecule has 0 saturated heterocycles. The summed E-state index contributed by atoms with van der Waals surface area (Å²) in [6.07, 6.45) is 0.822. The van der Waals surface area contributed by atoms with E-state index in [2.05, 4.69) is 0 Å². The lowest BCUT2D eigenvalue weighted by Gasteiger charge is -2.17. The molecule has 2 N–H and O–H groups in total. The van der Waals surface area contributed by atoms with Crippen LogP contribution in [-0.2, 0) is 6.42 Å². The third-order valence-electron chi connectivity index (χ3n) is 3.51. The van der Waals surface area contributed by atoms with Gasteiger partial charge in [0.2, 0.25) is 0 Å². The van der Waals surface area contributed by atoms with Crippen LogP contribution in [0.25, 0.3) is 0 Å². The Hall–Kier alpha value is -2.80. The second kappa shape index (κ2) is 4.71. The molecule has 1 amide bonds. The van der Waals surface area contributed by atoms with Crippen LogP contribution in [0.4, 0.5) is 11.4 Å². The Kier molecular flexibility index (Phi) is 2.88. The van der Waals surface area contributed by atoms with E-state index in [0.717, 1.165) is 23.4 Å². The molecule has 1 aliphatic heterocycles. The second-order valence-electron chi connectivity index (χ2n) is 4.78. The molecule has 1 aliphatic rings. The van der Waals surface area contributed by atoms with Gasteiger partial charge in [-0.05, 0) is 54.4 Å². The summed E-state index contributed by atoms with van der Waals surface area (Å²) in [7, 11) is 0. The van der Waals surface area contributed by atoms with E-state index in [-0.39, 0.29) is 5.91 Å². The Bertz CT molecular complexity index is 713. The number of hydrogen-bond donors (Lipinski definition) is 1. The Morgan fingerprint density at radius 3 is 2.65 bits per heavy atom. The Morgan fingerprint density at radius 2 is 1.95 bits per heavy atom. The monoisotopic (exact) mass is 263 g/mol. The zero-order valence-electron chi connectivity index (χ0n) is 10.8. The first-order valence-electron chi connectivity index (χ1n) is 6.39. The van der Waals surface area contributed by atoms with Gasteiger partial charge in [0.05, 0.1) is 11.6 Å². The minimum atomic E-state index is -0.0435. The van der Waals surface area contributed by atoms with Crippen LogP contribution >= 0.6 is 0 Å². The fraction of sp³-hybridized carbons (Fsp3) is 0.125. The molecule has 98 valence electrons. The van der Waals surface area contributed by atoms with Crippen molar-refractivity contribution in [3.63, 3.8) is 0 Å². The molecular weight excluding hydrogens is 250 g/mol. The van der Waals surface area contributed by atoms with Crippen molar-refractivity contribution in [3.05, 3.63) is 59.2 Å². The lowest BCUT2D eigenvalue weighted by atomic mass is 10.1. The minimum absolute atomic E-state index is 0.0435. The molecule has 3 rings (SSSR count). The zero-order chi connectivity index (χ0) is 14.1. The molecule has 0 bridgehead atoms. The number of nitrogen functional groups attached to an aromatic ring is 1. The van der Waals surface area contributed by atoms with Crippen LogP contribution < -0.4 is 10.6 Å². The number of benzene rings is 2. The van der Waals surface area contributed by atoms with Crippen molar-refractivity contribution >= 4 is 17.3 Å². The van der Waals surface area contributed by atoms with Crippen LogP contribution in [0.5, 0.6) is 0 Å². The summed E-state index contributed by atoms with van der Waals surface area (Å²) >= 11 is 0. The lowest BCUT2D eigenvalue weighted by Crippen LogP contribution is -2.28. The Morgan fingerprint density at radius 1 is 1.20 bits per heavy atom. The molecule has 0 radical (unpaired) electrons. The number of fused-ring (bicyclic) bond motifs is 1. The van der Waals surface area contributed by atoms with Gasteiger partial charge in [0.25, 0.3) is 5.91 Å². The molecule has 2 aromatic carbocycles. The SMILES string of the molecule is N#Cc1ccc(C(=O)N2CCc3cc(N)ccc32)cc1. The largest absolute Gasteiger partial charge is 0.399 e. The molecule has 4 heteroatoms. The Balaban J connectivity index is 1.91. The van der Waals surface area contributed by atoms with E-state index in [1.165, 1.54) is 0 Å². The highest BCUT2D eigenvalue weighted by molar-refractivity contribution is 6.07. The van der Waals surface area contributed by atoms with E-state index >= 15 is 0 Å². The highest BCUT2D eigenvalue weighted by atomic mass is 16.2. The number of hydrogen-bond acceptors (Lipinski definition) is 3. The van der Waals surface area contributed by atoms with Crippen molar-refractivity contribution in [2.75, 3.05) is 17.2 Å². The van der Waals surface area contributed by atoms with Crippen LogP contribution in [0, 0.1) is 11.3 Å². The number of anilines is 2. The lowest BCUT2D eigenvalue weighted by molar-refractivity contribution is 0.0989. The van der Waals surface area contributed by atoms with Crippen molar-refractivity contribution in [3.8, 4) is 6.07 Å². The first-order chi connectivity index (χ1) is 9.69. The van der Waals surface area contributed by atoms with Crippen LogP contribution in [-0.4, -0.2) is 12.5 Å². The molecule has 0 aromatic heterocycles. The van der Waals surface area contributed by atoms with Crippen molar-refractivity contribution in [2.45, 2.75) is 6.42 Å². The van der Waals surface area contributed by atoms with E-state index in [9.17, 15) is 4.79 Å². The van der Waals surface area contributed by atoms with Gasteiger partial charge in [-0.25, -0.2) is 0 Å². The zero-order valence-corrected chi connectivity index (χ0v) is 10.8. The first-order valence-corrected chi connectivity index (χ1v) is 6.39. The van der Waals surface area contributed by atoms with E-state index in [1.54, 1.807) is 29.2 Å². The topological polar surface area (TPSA) is 70.1 Å². The predicted molar refractivity (Wildman–Crippen MR) is 77.4 cm³/mol. The molecule has 0 fully saturated rings. The van der Waals surface area contributed by atoms with E-state index < -0.39 is 0 Å². The number of nitrogens with two attached hydrogens (primary N) is 1. The van der Waals surface area contributed by atoms with Crippen molar-refractivity contribution in [1.82, 2.24) is 0 Å². The molecule has 1 heterocycles. The summed E-state index contributed by atoms with van der Waals surface area (Å²) in [5.74, 6) is -0.0435. The van der Waals surface area contributed by atoms with Crippen molar-refractivity contribution < 1.29 is 4.79 Å². The third-order valence-corrected chi connectivity index (χ3v) is 3.51. The molecule has 0 saturated carbocycles. The average molecular weight is 263 g/mol. The quantitative estimate of drug-likeness (QED) is 0.803. The van der Waals surface area contributed by atoms with Gasteiger partial charge in [0.15, 0.2) is 0 Å². The summed E-state index contributed by atoms with van der Waals surface area (Å²) < 4.78 is 0. The number of carbonyl (C=O) groups excluding carboxylic acids is 1. The second-order valence-corrected chi connectivity index (χ2v) is 4.78. The highest BCUT2D eigenvalue weighted by Gasteiger charge is 2.25. The number of nitrogens with zero attached hydrogens (tertiary/aromatic N) is 2. The maximum absolute atomic E-state index is 12.5. The van der Waals surface area contributed by atoms with Gasteiger partial charge in [0.1, 0.15) is 0 Å². The minimum Gasteiger partial charge on any atom is -0.399 e. The Labute approximate surface area is 117 Å². The normalized spacial score (nSPS) is 12.8. The van der Waals surface area contributed by atoms with E-state index in [1.807, 2.05) is 24.3 Å². The summed E-state index contributed by atoms with van der Waals surface area (Å²) in [4.78, 5) is 14.3. The van der Waals surface area contributed by atoms with Gasteiger partial charge in [-0.1, -0.05) is 0 Å². The number of rotatable bonds is 1. The number of carbonyl (C=O) groups is 1. The predicted octanol–water partition coefficient (Wildman–Crippen LogP) is 2.34. The van der Waals surface area contributed by atoms with Gasteiger partial charge in [-0.15, -0.1) is 0 Å². The standard InChI is InChI=1S/C16H13N3O/c17-10-11-1-3-12(4-2-11)16(20)19-8-7-13-9-14(18)5-6-15(13)19/h1-6,9H,7-8,18H2. The fourth-order valence-electron chi connectivity index (χ4n) is 2.48.